The van der Waals surface area contributed by atoms with E-state index in [-0.39, 0.29) is 0 Å². The Balaban J connectivity index is 2.47. The minimum Gasteiger partial charge on any atom is -0.264 e. The van der Waals surface area contributed by atoms with Gasteiger partial charge in [0.05, 0.1) is 4.90 Å². The Morgan fingerprint density at radius 1 is 1.33 bits per heavy atom. The third-order valence-electron chi connectivity index (χ3n) is 3.74. The van der Waals surface area contributed by atoms with Crippen LogP contribution in [0.2, 0.25) is 0 Å². The van der Waals surface area contributed by atoms with E-state index in [4.69, 9.17) is 0 Å². The molecule has 0 spiro atoms. The predicted molar refractivity (Wildman–Crippen MR) is 89.2 cm³/mol. The van der Waals surface area contributed by atoms with Crippen molar-refractivity contribution < 1.29 is 8.42 Å². The monoisotopic (exact) mass is 370 g/mol. The topological polar surface area (TPSA) is 59.1 Å². The summed E-state index contributed by atoms with van der Waals surface area (Å²) in [6.07, 6.45) is 4.74. The third-order valence-corrected chi connectivity index (χ3v) is 5.83. The Hall–Kier alpha value is -0.980. The molecule has 0 bridgehead atoms. The van der Waals surface area contributed by atoms with Crippen LogP contribution >= 0.6 is 15.9 Å². The van der Waals surface area contributed by atoms with Gasteiger partial charge in [-0.1, -0.05) is 35.0 Å². The molecule has 4 nitrogen and oxygen atoms in total. The molecule has 2 aromatic rings. The Bertz CT molecular complexity index is 728. The summed E-state index contributed by atoms with van der Waals surface area (Å²) in [6, 6.07) is 6.97. The first-order valence-corrected chi connectivity index (χ1v) is 9.45. The van der Waals surface area contributed by atoms with Crippen molar-refractivity contribution in [3.8, 4) is 0 Å². The molecule has 0 saturated carbocycles. The number of nitrogens with one attached hydrogen (secondary N) is 1. The van der Waals surface area contributed by atoms with E-state index in [1.165, 1.54) is 0 Å². The van der Waals surface area contributed by atoms with Gasteiger partial charge < -0.3 is 0 Å². The second-order valence-electron chi connectivity index (χ2n) is 5.31. The third kappa shape index (κ3) is 3.62. The standard InChI is InChI=1S/C15H19BrN2O2S/c1-3-15(2,8-9-16)18-21(19,20)14-6-4-5-12-11-17-10-7-13(12)14/h4-7,10-11,18H,3,8-9H2,1-2H3. The van der Waals surface area contributed by atoms with Crippen molar-refractivity contribution in [1.29, 1.82) is 0 Å². The molecule has 0 aliphatic carbocycles. The zero-order chi connectivity index (χ0) is 15.5. The van der Waals surface area contributed by atoms with Crippen LogP contribution in [0, 0.1) is 0 Å². The molecule has 0 saturated heterocycles. The molecule has 0 amide bonds. The van der Waals surface area contributed by atoms with E-state index >= 15 is 0 Å². The zero-order valence-corrected chi connectivity index (χ0v) is 14.5. The molecule has 1 heterocycles. The van der Waals surface area contributed by atoms with Crippen molar-refractivity contribution in [1.82, 2.24) is 9.71 Å². The molecule has 1 aromatic heterocycles. The molecule has 0 aliphatic heterocycles. The van der Waals surface area contributed by atoms with Crippen LogP contribution in [0.1, 0.15) is 26.7 Å². The van der Waals surface area contributed by atoms with Gasteiger partial charge in [0.1, 0.15) is 0 Å². The number of benzene rings is 1. The number of rotatable bonds is 6. The summed E-state index contributed by atoms with van der Waals surface area (Å²) >= 11 is 3.39. The van der Waals surface area contributed by atoms with E-state index in [1.807, 2.05) is 19.9 Å². The summed E-state index contributed by atoms with van der Waals surface area (Å²) in [5.74, 6) is 0. The largest absolute Gasteiger partial charge is 0.264 e. The highest BCUT2D eigenvalue weighted by atomic mass is 79.9. The second-order valence-corrected chi connectivity index (χ2v) is 7.76. The van der Waals surface area contributed by atoms with Gasteiger partial charge in [-0.2, -0.15) is 0 Å². The molecule has 0 fully saturated rings. The molecule has 114 valence electrons. The first-order chi connectivity index (χ1) is 9.92. The van der Waals surface area contributed by atoms with E-state index in [2.05, 4.69) is 25.6 Å². The Kier molecular flexibility index (Phi) is 5.01. The molecule has 1 unspecified atom stereocenters. The van der Waals surface area contributed by atoms with Crippen molar-refractivity contribution in [2.45, 2.75) is 37.1 Å². The van der Waals surface area contributed by atoms with Crippen molar-refractivity contribution in [3.63, 3.8) is 0 Å². The number of alkyl halides is 1. The molecule has 2 rings (SSSR count). The summed E-state index contributed by atoms with van der Waals surface area (Å²) in [7, 11) is -3.58. The highest BCUT2D eigenvalue weighted by molar-refractivity contribution is 9.09. The molecule has 0 radical (unpaired) electrons. The van der Waals surface area contributed by atoms with E-state index < -0.39 is 15.6 Å². The molecule has 1 atom stereocenters. The van der Waals surface area contributed by atoms with E-state index in [1.54, 1.807) is 30.6 Å². The Labute approximate surface area is 134 Å². The van der Waals surface area contributed by atoms with Crippen molar-refractivity contribution in [2.24, 2.45) is 0 Å². The molecule has 21 heavy (non-hydrogen) atoms. The molecule has 1 N–H and O–H groups in total. The molecular weight excluding hydrogens is 352 g/mol. The zero-order valence-electron chi connectivity index (χ0n) is 12.1. The average Bonchev–Trinajstić information content (AvgIpc) is 2.46. The lowest BCUT2D eigenvalue weighted by molar-refractivity contribution is 0.392. The smallest absolute Gasteiger partial charge is 0.241 e. The van der Waals surface area contributed by atoms with Crippen LogP contribution in [0.3, 0.4) is 0 Å². The number of fused-ring (bicyclic) bond motifs is 1. The summed E-state index contributed by atoms with van der Waals surface area (Å²) in [4.78, 5) is 4.34. The summed E-state index contributed by atoms with van der Waals surface area (Å²) < 4.78 is 28.3. The number of sulfonamides is 1. The molecule has 0 aliphatic rings. The SMILES string of the molecule is CCC(C)(CCBr)NS(=O)(=O)c1cccc2cnccc12. The molecule has 6 heteroatoms. The van der Waals surface area contributed by atoms with Gasteiger partial charge in [0, 0.05) is 34.0 Å². The number of hydrogen-bond donors (Lipinski definition) is 1. The highest BCUT2D eigenvalue weighted by Crippen LogP contribution is 2.25. The van der Waals surface area contributed by atoms with Crippen molar-refractivity contribution in [3.05, 3.63) is 36.7 Å². The number of halogens is 1. The van der Waals surface area contributed by atoms with Gasteiger partial charge in [-0.15, -0.1) is 0 Å². The fourth-order valence-electron chi connectivity index (χ4n) is 2.22. The van der Waals surface area contributed by atoms with Gasteiger partial charge in [-0.3, -0.25) is 4.98 Å². The Morgan fingerprint density at radius 3 is 2.76 bits per heavy atom. The lowest BCUT2D eigenvalue weighted by atomic mass is 9.98. The van der Waals surface area contributed by atoms with Gasteiger partial charge >= 0.3 is 0 Å². The van der Waals surface area contributed by atoms with Gasteiger partial charge in [0.25, 0.3) is 0 Å². The number of hydrogen-bond acceptors (Lipinski definition) is 3. The average molecular weight is 371 g/mol. The first kappa shape index (κ1) is 16.4. The minimum absolute atomic E-state index is 0.302. The van der Waals surface area contributed by atoms with Gasteiger partial charge in [0.15, 0.2) is 0 Å². The summed E-state index contributed by atoms with van der Waals surface area (Å²) in [5.41, 5.74) is -0.461. The Morgan fingerprint density at radius 2 is 2.10 bits per heavy atom. The molecular formula is C15H19BrN2O2S. The predicted octanol–water partition coefficient (Wildman–Crippen LogP) is 3.47. The molecule has 1 aromatic carbocycles. The summed E-state index contributed by atoms with van der Waals surface area (Å²) in [5, 5.41) is 2.26. The fraction of sp³-hybridized carbons (Fsp3) is 0.400. The quantitative estimate of drug-likeness (QED) is 0.791. The van der Waals surface area contributed by atoms with Crippen LogP contribution in [0.25, 0.3) is 10.8 Å². The van der Waals surface area contributed by atoms with Crippen LogP contribution in [-0.2, 0) is 10.0 Å². The lowest BCUT2D eigenvalue weighted by Gasteiger charge is -2.28. The number of aromatic nitrogens is 1. The van der Waals surface area contributed by atoms with Crippen LogP contribution in [0.4, 0.5) is 0 Å². The van der Waals surface area contributed by atoms with Crippen LogP contribution in [-0.4, -0.2) is 24.3 Å². The second kappa shape index (κ2) is 6.42. The maximum Gasteiger partial charge on any atom is 0.241 e. The van der Waals surface area contributed by atoms with Crippen LogP contribution < -0.4 is 4.72 Å². The van der Waals surface area contributed by atoms with Gasteiger partial charge in [0.2, 0.25) is 10.0 Å². The van der Waals surface area contributed by atoms with E-state index in [0.29, 0.717) is 10.3 Å². The summed E-state index contributed by atoms with van der Waals surface area (Å²) in [6.45, 7) is 3.91. The fourth-order valence-corrected chi connectivity index (χ4v) is 4.83. The van der Waals surface area contributed by atoms with Crippen molar-refractivity contribution in [2.75, 3.05) is 5.33 Å². The van der Waals surface area contributed by atoms with E-state index in [0.717, 1.165) is 23.6 Å². The normalized spacial score (nSPS) is 15.0. The minimum atomic E-state index is -3.58. The van der Waals surface area contributed by atoms with Crippen LogP contribution in [0.15, 0.2) is 41.6 Å². The van der Waals surface area contributed by atoms with Crippen molar-refractivity contribution >= 4 is 36.7 Å². The lowest BCUT2D eigenvalue weighted by Crippen LogP contribution is -2.45. The van der Waals surface area contributed by atoms with Gasteiger partial charge in [-0.05, 0) is 31.9 Å². The first-order valence-electron chi connectivity index (χ1n) is 6.84. The number of nitrogens with zero attached hydrogens (tertiary/aromatic N) is 1. The number of pyridine rings is 1. The van der Waals surface area contributed by atoms with E-state index in [9.17, 15) is 8.42 Å². The maximum absolute atomic E-state index is 12.7. The highest BCUT2D eigenvalue weighted by Gasteiger charge is 2.29. The van der Waals surface area contributed by atoms with Gasteiger partial charge in [-0.25, -0.2) is 13.1 Å². The maximum atomic E-state index is 12.7. The van der Waals surface area contributed by atoms with Crippen LogP contribution in [0.5, 0.6) is 0 Å².